The number of terminal acetylenes is 1. The predicted molar refractivity (Wildman–Crippen MR) is 125 cm³/mol. The van der Waals surface area contributed by atoms with Gasteiger partial charge in [-0.3, -0.25) is 9.10 Å². The molecule has 0 radical (unpaired) electrons. The summed E-state index contributed by atoms with van der Waals surface area (Å²) < 4.78 is 27.9. The average Bonchev–Trinajstić information content (AvgIpc) is 2.74. The molecule has 0 saturated heterocycles. The number of rotatable bonds is 6. The Balaban J connectivity index is 2.02. The van der Waals surface area contributed by atoms with Gasteiger partial charge in [-0.1, -0.05) is 53.4 Å². The third-order valence-corrected chi connectivity index (χ3v) is 7.13. The van der Waals surface area contributed by atoms with Gasteiger partial charge < -0.3 is 5.32 Å². The van der Waals surface area contributed by atoms with Gasteiger partial charge in [-0.15, -0.1) is 6.42 Å². The fourth-order valence-electron chi connectivity index (χ4n) is 2.99. The average molecular weight is 473 g/mol. The highest BCUT2D eigenvalue weighted by Gasteiger charge is 2.28. The first kappa shape index (κ1) is 22.7. The van der Waals surface area contributed by atoms with Crippen LogP contribution in [-0.4, -0.2) is 20.9 Å². The largest absolute Gasteiger partial charge is 0.322 e. The quantitative estimate of drug-likeness (QED) is 0.485. The summed E-state index contributed by atoms with van der Waals surface area (Å²) in [7, 11) is -4.05. The number of amides is 1. The molecule has 3 aromatic rings. The van der Waals surface area contributed by atoms with E-state index in [4.69, 9.17) is 29.6 Å². The molecule has 0 atom stereocenters. The van der Waals surface area contributed by atoms with Gasteiger partial charge in [-0.05, 0) is 49.4 Å². The molecule has 31 heavy (non-hydrogen) atoms. The summed E-state index contributed by atoms with van der Waals surface area (Å²) >= 11 is 12.5. The Morgan fingerprint density at radius 2 is 1.74 bits per heavy atom. The molecule has 0 saturated carbocycles. The molecule has 0 unspecified atom stereocenters. The van der Waals surface area contributed by atoms with Gasteiger partial charge in [0.2, 0.25) is 0 Å². The van der Waals surface area contributed by atoms with E-state index in [2.05, 4.69) is 11.2 Å². The van der Waals surface area contributed by atoms with Crippen LogP contribution in [0, 0.1) is 12.3 Å². The Morgan fingerprint density at radius 1 is 1.03 bits per heavy atom. The smallest absolute Gasteiger partial charge is 0.265 e. The van der Waals surface area contributed by atoms with Crippen molar-refractivity contribution in [1.29, 1.82) is 0 Å². The van der Waals surface area contributed by atoms with Crippen LogP contribution in [0.25, 0.3) is 0 Å². The molecule has 0 bridgehead atoms. The molecular weight excluding hydrogens is 455 g/mol. The van der Waals surface area contributed by atoms with Gasteiger partial charge in [0.25, 0.3) is 15.9 Å². The third-order valence-electron chi connectivity index (χ3n) is 4.45. The first-order chi connectivity index (χ1) is 14.8. The van der Waals surface area contributed by atoms with Crippen LogP contribution in [0.15, 0.2) is 71.6 Å². The molecule has 0 spiro atoms. The first-order valence-corrected chi connectivity index (χ1v) is 11.4. The molecule has 0 heterocycles. The highest BCUT2D eigenvalue weighted by molar-refractivity contribution is 7.93. The lowest BCUT2D eigenvalue weighted by atomic mass is 10.2. The second-order valence-corrected chi connectivity index (χ2v) is 9.09. The topological polar surface area (TPSA) is 66.5 Å². The summed E-state index contributed by atoms with van der Waals surface area (Å²) in [5.41, 5.74) is 1.49. The summed E-state index contributed by atoms with van der Waals surface area (Å²) in [6.07, 6.45) is 5.39. The maximum Gasteiger partial charge on any atom is 0.265 e. The van der Waals surface area contributed by atoms with Crippen molar-refractivity contribution in [3.05, 3.63) is 87.9 Å². The van der Waals surface area contributed by atoms with Crippen LogP contribution >= 0.6 is 23.2 Å². The monoisotopic (exact) mass is 472 g/mol. The van der Waals surface area contributed by atoms with Gasteiger partial charge in [0, 0.05) is 17.8 Å². The molecule has 3 rings (SSSR count). The Bertz CT molecular complexity index is 1270. The van der Waals surface area contributed by atoms with Crippen LogP contribution in [0.4, 0.5) is 11.4 Å². The minimum atomic E-state index is -4.05. The van der Waals surface area contributed by atoms with Crippen molar-refractivity contribution in [2.24, 2.45) is 0 Å². The van der Waals surface area contributed by atoms with Gasteiger partial charge in [-0.2, -0.15) is 0 Å². The molecule has 1 N–H and O–H groups in total. The number of hydrogen-bond acceptors (Lipinski definition) is 3. The molecule has 5 nitrogen and oxygen atoms in total. The van der Waals surface area contributed by atoms with Crippen LogP contribution in [0.5, 0.6) is 0 Å². The number of benzene rings is 3. The molecule has 0 aliphatic carbocycles. The number of para-hydroxylation sites is 1. The Hall–Kier alpha value is -2.98. The van der Waals surface area contributed by atoms with E-state index in [1.807, 2.05) is 0 Å². The van der Waals surface area contributed by atoms with Gasteiger partial charge in [0.1, 0.15) is 4.90 Å². The molecular formula is C23H18Cl2N2O3S. The lowest BCUT2D eigenvalue weighted by Gasteiger charge is -2.24. The first-order valence-electron chi connectivity index (χ1n) is 9.22. The summed E-state index contributed by atoms with van der Waals surface area (Å²) in [5, 5.41) is 2.62. The number of hydrogen-bond donors (Lipinski definition) is 1. The van der Waals surface area contributed by atoms with E-state index in [-0.39, 0.29) is 27.0 Å². The van der Waals surface area contributed by atoms with Crippen molar-refractivity contribution in [2.75, 3.05) is 16.2 Å². The van der Waals surface area contributed by atoms with Crippen molar-refractivity contribution in [1.82, 2.24) is 0 Å². The van der Waals surface area contributed by atoms with E-state index in [1.165, 1.54) is 16.4 Å². The second-order valence-electron chi connectivity index (χ2n) is 6.45. The van der Waals surface area contributed by atoms with Gasteiger partial charge in [0.05, 0.1) is 21.3 Å². The van der Waals surface area contributed by atoms with Crippen LogP contribution in [0.2, 0.25) is 10.0 Å². The van der Waals surface area contributed by atoms with Crippen molar-refractivity contribution in [3.63, 3.8) is 0 Å². The van der Waals surface area contributed by atoms with Crippen LogP contribution in [-0.2, 0) is 10.0 Å². The lowest BCUT2D eigenvalue weighted by molar-refractivity contribution is 0.102. The van der Waals surface area contributed by atoms with Gasteiger partial charge in [-0.25, -0.2) is 8.42 Å². The lowest BCUT2D eigenvalue weighted by Crippen LogP contribution is -2.31. The summed E-state index contributed by atoms with van der Waals surface area (Å²) in [6.45, 7) is 1.88. The molecule has 0 aliphatic heterocycles. The van der Waals surface area contributed by atoms with Gasteiger partial charge in [0.15, 0.2) is 0 Å². The highest BCUT2D eigenvalue weighted by atomic mass is 35.5. The number of sulfonamides is 1. The van der Waals surface area contributed by atoms with E-state index in [0.29, 0.717) is 16.9 Å². The zero-order chi connectivity index (χ0) is 22.6. The molecule has 0 fully saturated rings. The molecule has 1 amide bonds. The van der Waals surface area contributed by atoms with Crippen molar-refractivity contribution in [3.8, 4) is 12.3 Å². The number of anilines is 2. The molecule has 3 aromatic carbocycles. The van der Waals surface area contributed by atoms with Crippen molar-refractivity contribution in [2.45, 2.75) is 11.8 Å². The maximum absolute atomic E-state index is 13.4. The number of nitrogens with one attached hydrogen (secondary N) is 1. The zero-order valence-electron chi connectivity index (χ0n) is 16.5. The number of nitrogens with zero attached hydrogens (tertiary/aromatic N) is 1. The van der Waals surface area contributed by atoms with Crippen LogP contribution < -0.4 is 9.62 Å². The highest BCUT2D eigenvalue weighted by Crippen LogP contribution is 2.33. The fraction of sp³-hybridized carbons (Fsp3) is 0.0870. The van der Waals surface area contributed by atoms with E-state index in [1.54, 1.807) is 61.5 Å². The molecule has 0 aromatic heterocycles. The Kier molecular flexibility index (Phi) is 6.91. The number of halogens is 2. The van der Waals surface area contributed by atoms with E-state index in [9.17, 15) is 13.2 Å². The van der Waals surface area contributed by atoms with E-state index in [0.717, 1.165) is 0 Å². The summed E-state index contributed by atoms with van der Waals surface area (Å²) in [4.78, 5) is 12.6. The fourth-order valence-corrected chi connectivity index (χ4v) is 5.30. The third kappa shape index (κ3) is 4.86. The maximum atomic E-state index is 13.4. The summed E-state index contributed by atoms with van der Waals surface area (Å²) in [6, 6.07) is 17.8. The number of carbonyl (C=O) groups is 1. The second kappa shape index (κ2) is 9.44. The van der Waals surface area contributed by atoms with Crippen LogP contribution in [0.3, 0.4) is 0 Å². The molecule has 0 aliphatic rings. The van der Waals surface area contributed by atoms with E-state index >= 15 is 0 Å². The normalized spacial score (nSPS) is 10.9. The molecule has 8 heteroatoms. The molecule has 158 valence electrons. The number of carbonyl (C=O) groups excluding carboxylic acids is 1. The van der Waals surface area contributed by atoms with E-state index < -0.39 is 15.9 Å². The van der Waals surface area contributed by atoms with Crippen molar-refractivity contribution >= 4 is 50.5 Å². The SMILES string of the molecule is C#Cc1cccc(NC(=O)c2cc(S(=O)(=O)N(CC)c3ccccc3)c(Cl)cc2Cl)c1. The van der Waals surface area contributed by atoms with Crippen molar-refractivity contribution < 1.29 is 13.2 Å². The minimum absolute atomic E-state index is 0.0253. The Labute approximate surface area is 191 Å². The predicted octanol–water partition coefficient (Wildman–Crippen LogP) is 5.44. The standard InChI is InChI=1S/C23H18Cl2N2O3S/c1-3-16-9-8-10-17(13-16)26-23(28)19-14-22(21(25)15-20(19)24)31(29,30)27(4-2)18-11-6-5-7-12-18/h1,5-15H,4H2,2H3,(H,26,28). The zero-order valence-corrected chi connectivity index (χ0v) is 18.8. The summed E-state index contributed by atoms with van der Waals surface area (Å²) in [5.74, 6) is 1.90. The minimum Gasteiger partial charge on any atom is -0.322 e. The Morgan fingerprint density at radius 3 is 2.39 bits per heavy atom. The van der Waals surface area contributed by atoms with Crippen LogP contribution in [0.1, 0.15) is 22.8 Å². The van der Waals surface area contributed by atoms with Gasteiger partial charge >= 0.3 is 0 Å².